The fourth-order valence-corrected chi connectivity index (χ4v) is 6.22. The van der Waals surface area contributed by atoms with Crippen molar-refractivity contribution >= 4 is 0 Å². The molecule has 0 saturated carbocycles. The first-order chi connectivity index (χ1) is 23.5. The van der Waals surface area contributed by atoms with E-state index in [9.17, 15) is 5.11 Å². The van der Waals surface area contributed by atoms with E-state index in [1.807, 2.05) is 85.3 Å². The van der Waals surface area contributed by atoms with E-state index in [4.69, 9.17) is 32.8 Å². The summed E-state index contributed by atoms with van der Waals surface area (Å²) < 4.78 is 41.2. The van der Waals surface area contributed by atoms with E-state index >= 15 is 0 Å². The van der Waals surface area contributed by atoms with Crippen LogP contribution in [0.1, 0.15) is 59.9 Å². The highest BCUT2D eigenvalue weighted by atomic mass is 16.5. The number of benzene rings is 3. The van der Waals surface area contributed by atoms with Crippen molar-refractivity contribution in [2.45, 2.75) is 76.7 Å². The van der Waals surface area contributed by atoms with Crippen LogP contribution in [0.3, 0.4) is 0 Å². The third-order valence-electron chi connectivity index (χ3n) is 8.92. The van der Waals surface area contributed by atoms with E-state index in [1.165, 1.54) is 0 Å². The number of aliphatic hydroxyl groups excluding tert-OH is 1. The van der Waals surface area contributed by atoms with E-state index in [0.717, 1.165) is 63.5 Å². The number of methoxy groups -OCH3 is 3. The van der Waals surface area contributed by atoms with Gasteiger partial charge in [0.15, 0.2) is 0 Å². The summed E-state index contributed by atoms with van der Waals surface area (Å²) in [6, 6.07) is 23.5. The summed E-state index contributed by atoms with van der Waals surface area (Å²) in [4.78, 5) is 0. The molecule has 1 N–H and O–H groups in total. The lowest BCUT2D eigenvalue weighted by atomic mass is 9.85. The molecule has 0 radical (unpaired) electrons. The second-order valence-corrected chi connectivity index (χ2v) is 12.1. The predicted molar refractivity (Wildman–Crippen MR) is 185 cm³/mol. The van der Waals surface area contributed by atoms with Crippen LogP contribution in [0.15, 0.2) is 101 Å². The van der Waals surface area contributed by atoms with E-state index in [2.05, 4.69) is 13.0 Å². The van der Waals surface area contributed by atoms with Crippen LogP contribution in [0, 0.1) is 0 Å². The molecule has 48 heavy (non-hydrogen) atoms. The Kier molecular flexibility index (Phi) is 13.1. The van der Waals surface area contributed by atoms with Crippen LogP contribution in [0.4, 0.5) is 0 Å². The first kappa shape index (κ1) is 35.2. The highest BCUT2D eigenvalue weighted by Crippen LogP contribution is 2.38. The largest absolute Gasteiger partial charge is 0.497 e. The highest BCUT2D eigenvalue weighted by Gasteiger charge is 2.37. The molecule has 1 aliphatic carbocycles. The quantitative estimate of drug-likeness (QED) is 0.102. The van der Waals surface area contributed by atoms with Crippen LogP contribution in [-0.2, 0) is 40.5 Å². The average molecular weight is 657 g/mol. The minimum Gasteiger partial charge on any atom is -0.497 e. The summed E-state index contributed by atoms with van der Waals surface area (Å²) in [6.07, 6.45) is 6.85. The second-order valence-electron chi connectivity index (χ2n) is 12.1. The number of hydrogen-bond donors (Lipinski definition) is 1. The molecule has 4 atom stereocenters. The molecule has 0 saturated heterocycles. The Hall–Kier alpha value is -4.08. The van der Waals surface area contributed by atoms with E-state index < -0.39 is 12.2 Å². The Morgan fingerprint density at radius 2 is 1.27 bits per heavy atom. The molecule has 3 aromatic carbocycles. The molecule has 0 fully saturated rings. The van der Waals surface area contributed by atoms with Crippen molar-refractivity contribution in [3.05, 3.63) is 125 Å². The molecule has 0 unspecified atom stereocenters. The van der Waals surface area contributed by atoms with Crippen LogP contribution in [0.2, 0.25) is 0 Å². The molecule has 8 heteroatoms. The van der Waals surface area contributed by atoms with Gasteiger partial charge in [-0.1, -0.05) is 55.8 Å². The monoisotopic (exact) mass is 656 g/mol. The SMILES string of the molecule is CCC[C@H]1c2cocc2C/C(=C/COCc2ccc(OC)cc2)[C@H](OCc2ccc(OC)cc2)C[C@@H](O)[C@H]1OCc1ccc(OC)cc1. The number of fused-ring (bicyclic) bond motifs is 1. The van der Waals surface area contributed by atoms with Gasteiger partial charge in [0, 0.05) is 12.3 Å². The molecule has 0 aliphatic heterocycles. The molecule has 1 aliphatic rings. The highest BCUT2D eigenvalue weighted by molar-refractivity contribution is 5.34. The minimum absolute atomic E-state index is 0.0510. The zero-order chi connectivity index (χ0) is 33.7. The minimum atomic E-state index is -0.801. The fourth-order valence-electron chi connectivity index (χ4n) is 6.22. The van der Waals surface area contributed by atoms with Crippen LogP contribution in [0.25, 0.3) is 0 Å². The van der Waals surface area contributed by atoms with Crippen molar-refractivity contribution in [3.63, 3.8) is 0 Å². The molecule has 8 nitrogen and oxygen atoms in total. The zero-order valence-electron chi connectivity index (χ0n) is 28.4. The lowest BCUT2D eigenvalue weighted by molar-refractivity contribution is -0.0805. The van der Waals surface area contributed by atoms with Gasteiger partial charge in [-0.2, -0.15) is 0 Å². The lowest BCUT2D eigenvalue weighted by Gasteiger charge is -2.32. The Morgan fingerprint density at radius 1 is 0.729 bits per heavy atom. The van der Waals surface area contributed by atoms with Crippen LogP contribution in [-0.4, -0.2) is 51.4 Å². The van der Waals surface area contributed by atoms with Gasteiger partial charge in [0.1, 0.15) is 17.2 Å². The molecular weight excluding hydrogens is 608 g/mol. The number of ether oxygens (including phenoxy) is 6. The fraction of sp³-hybridized carbons (Fsp3) is 0.400. The number of hydrogen-bond acceptors (Lipinski definition) is 8. The van der Waals surface area contributed by atoms with Crippen LogP contribution < -0.4 is 14.2 Å². The van der Waals surface area contributed by atoms with E-state index in [-0.39, 0.29) is 12.0 Å². The van der Waals surface area contributed by atoms with Crippen molar-refractivity contribution < 1.29 is 37.9 Å². The molecule has 1 aromatic heterocycles. The molecule has 0 spiro atoms. The Labute approximate surface area is 284 Å². The summed E-state index contributed by atoms with van der Waals surface area (Å²) in [7, 11) is 4.96. The first-order valence-electron chi connectivity index (χ1n) is 16.6. The molecule has 4 aromatic rings. The van der Waals surface area contributed by atoms with Gasteiger partial charge in [-0.05, 0) is 82.6 Å². The molecule has 5 rings (SSSR count). The number of aliphatic hydroxyl groups is 1. The Balaban J connectivity index is 1.41. The van der Waals surface area contributed by atoms with Crippen molar-refractivity contribution in [1.82, 2.24) is 0 Å². The van der Waals surface area contributed by atoms with Gasteiger partial charge in [-0.25, -0.2) is 0 Å². The maximum absolute atomic E-state index is 12.0. The standard InChI is InChI=1S/C40H48O8/c1-5-6-36-37-27-46-26-32(37)21-31(19-20-45-23-28-7-13-33(42-2)14-8-28)39(47-24-29-9-15-34(43-3)16-10-29)22-38(41)40(36)48-25-30-11-17-35(44-4)18-12-30/h7-19,26-27,36,38-41H,5-6,20-25H2,1-4H3/b31-19-/t36-,38+,39+,40-/m0/s1. The molecular formula is C40H48O8. The van der Waals surface area contributed by atoms with E-state index in [1.54, 1.807) is 21.3 Å². The third-order valence-corrected chi connectivity index (χ3v) is 8.92. The summed E-state index contributed by atoms with van der Waals surface area (Å²) in [5, 5.41) is 12.0. The topological polar surface area (TPSA) is 88.8 Å². The van der Waals surface area contributed by atoms with Crippen molar-refractivity contribution in [1.29, 1.82) is 0 Å². The van der Waals surface area contributed by atoms with Gasteiger partial charge in [0.2, 0.25) is 0 Å². The Morgan fingerprint density at radius 3 is 1.81 bits per heavy atom. The Bertz CT molecular complexity index is 1540. The number of furan rings is 1. The summed E-state index contributed by atoms with van der Waals surface area (Å²) >= 11 is 0. The second kappa shape index (κ2) is 17.9. The first-order valence-corrected chi connectivity index (χ1v) is 16.6. The molecule has 1 heterocycles. The summed E-state index contributed by atoms with van der Waals surface area (Å²) in [5.41, 5.74) is 6.25. The van der Waals surface area contributed by atoms with Crippen LogP contribution in [0.5, 0.6) is 17.2 Å². The van der Waals surface area contributed by atoms with Gasteiger partial charge in [-0.3, -0.25) is 0 Å². The normalized spacial score (nSPS) is 20.4. The summed E-state index contributed by atoms with van der Waals surface area (Å²) in [5.74, 6) is 2.34. The average Bonchev–Trinajstić information content (AvgIpc) is 3.60. The predicted octanol–water partition coefficient (Wildman–Crippen LogP) is 7.81. The smallest absolute Gasteiger partial charge is 0.118 e. The van der Waals surface area contributed by atoms with E-state index in [0.29, 0.717) is 39.3 Å². The maximum Gasteiger partial charge on any atom is 0.118 e. The van der Waals surface area contributed by atoms with Crippen molar-refractivity contribution in [2.24, 2.45) is 0 Å². The van der Waals surface area contributed by atoms with Crippen molar-refractivity contribution in [2.75, 3.05) is 27.9 Å². The van der Waals surface area contributed by atoms with Crippen molar-refractivity contribution in [3.8, 4) is 17.2 Å². The zero-order valence-corrected chi connectivity index (χ0v) is 28.4. The van der Waals surface area contributed by atoms with Gasteiger partial charge in [0.25, 0.3) is 0 Å². The number of rotatable bonds is 15. The molecule has 0 bridgehead atoms. The van der Waals surface area contributed by atoms with Gasteiger partial charge in [-0.15, -0.1) is 0 Å². The molecule has 256 valence electrons. The molecule has 0 amide bonds. The van der Waals surface area contributed by atoms with Gasteiger partial charge >= 0.3 is 0 Å². The van der Waals surface area contributed by atoms with Gasteiger partial charge in [0.05, 0.1) is 78.6 Å². The van der Waals surface area contributed by atoms with Crippen LogP contribution >= 0.6 is 0 Å². The van der Waals surface area contributed by atoms with Gasteiger partial charge < -0.3 is 37.9 Å². The lowest BCUT2D eigenvalue weighted by Crippen LogP contribution is -2.37. The maximum atomic E-state index is 12.0. The third kappa shape index (κ3) is 9.51. The summed E-state index contributed by atoms with van der Waals surface area (Å²) in [6.45, 7) is 3.75.